The minimum atomic E-state index is 0.0965. The zero-order valence-electron chi connectivity index (χ0n) is 8.95. The lowest BCUT2D eigenvalue weighted by molar-refractivity contribution is 0.171. The summed E-state index contributed by atoms with van der Waals surface area (Å²) in [5.41, 5.74) is 6.82. The third kappa shape index (κ3) is 1.85. The van der Waals surface area contributed by atoms with Gasteiger partial charge in [0.15, 0.2) is 11.5 Å². The standard InChI is InChI=1S/C11H15NO3/c1-7(12)5-8-3-4-9-11(10(8)13-2)15-6-14-9/h3-4,7H,5-6,12H2,1-2H3. The van der Waals surface area contributed by atoms with E-state index in [1.807, 2.05) is 19.1 Å². The summed E-state index contributed by atoms with van der Waals surface area (Å²) in [6, 6.07) is 3.96. The third-order valence-corrected chi connectivity index (χ3v) is 2.32. The lowest BCUT2D eigenvalue weighted by Gasteiger charge is -2.12. The fourth-order valence-electron chi connectivity index (χ4n) is 1.72. The maximum Gasteiger partial charge on any atom is 0.231 e. The summed E-state index contributed by atoms with van der Waals surface area (Å²) in [6.07, 6.45) is 0.764. The van der Waals surface area contributed by atoms with Crippen LogP contribution >= 0.6 is 0 Å². The molecule has 1 atom stereocenters. The van der Waals surface area contributed by atoms with Crippen LogP contribution in [0.25, 0.3) is 0 Å². The molecule has 1 unspecified atom stereocenters. The Bertz CT molecular complexity index is 363. The van der Waals surface area contributed by atoms with Crippen molar-refractivity contribution < 1.29 is 14.2 Å². The molecule has 0 amide bonds. The van der Waals surface area contributed by atoms with Crippen molar-refractivity contribution in [3.8, 4) is 17.2 Å². The van der Waals surface area contributed by atoms with Crippen molar-refractivity contribution >= 4 is 0 Å². The van der Waals surface area contributed by atoms with E-state index in [2.05, 4.69) is 0 Å². The first-order chi connectivity index (χ1) is 7.22. The molecule has 0 aliphatic carbocycles. The van der Waals surface area contributed by atoms with E-state index in [-0.39, 0.29) is 12.8 Å². The van der Waals surface area contributed by atoms with Gasteiger partial charge >= 0.3 is 0 Å². The predicted molar refractivity (Wildman–Crippen MR) is 56.5 cm³/mol. The number of nitrogens with two attached hydrogens (primary N) is 1. The first kappa shape index (κ1) is 10.1. The Morgan fingerprint density at radius 1 is 1.47 bits per heavy atom. The monoisotopic (exact) mass is 209 g/mol. The molecule has 0 radical (unpaired) electrons. The number of ether oxygens (including phenoxy) is 3. The number of benzene rings is 1. The Kier molecular flexibility index (Phi) is 2.68. The van der Waals surface area contributed by atoms with Crippen LogP contribution in [0.4, 0.5) is 0 Å². The molecule has 4 nitrogen and oxygen atoms in total. The largest absolute Gasteiger partial charge is 0.492 e. The Labute approximate surface area is 88.9 Å². The van der Waals surface area contributed by atoms with E-state index < -0.39 is 0 Å². The molecule has 0 saturated carbocycles. The van der Waals surface area contributed by atoms with Gasteiger partial charge in [0.2, 0.25) is 12.5 Å². The molecule has 0 saturated heterocycles. The fourth-order valence-corrected chi connectivity index (χ4v) is 1.72. The van der Waals surface area contributed by atoms with Crippen LogP contribution in [-0.4, -0.2) is 19.9 Å². The summed E-state index contributed by atoms with van der Waals surface area (Å²) in [4.78, 5) is 0. The van der Waals surface area contributed by atoms with Gasteiger partial charge in [0, 0.05) is 6.04 Å². The third-order valence-electron chi connectivity index (χ3n) is 2.32. The molecule has 1 aromatic carbocycles. The normalized spacial score (nSPS) is 15.1. The molecule has 1 heterocycles. The molecular weight excluding hydrogens is 194 g/mol. The molecule has 0 aromatic heterocycles. The molecule has 2 N–H and O–H groups in total. The smallest absolute Gasteiger partial charge is 0.231 e. The zero-order chi connectivity index (χ0) is 10.8. The van der Waals surface area contributed by atoms with Crippen molar-refractivity contribution in [2.45, 2.75) is 19.4 Å². The molecule has 0 bridgehead atoms. The van der Waals surface area contributed by atoms with Crippen LogP contribution in [0.5, 0.6) is 17.2 Å². The van der Waals surface area contributed by atoms with Gasteiger partial charge in [-0.2, -0.15) is 0 Å². The highest BCUT2D eigenvalue weighted by atomic mass is 16.7. The number of hydrogen-bond donors (Lipinski definition) is 1. The van der Waals surface area contributed by atoms with Gasteiger partial charge in [-0.25, -0.2) is 0 Å². The van der Waals surface area contributed by atoms with E-state index in [0.29, 0.717) is 5.75 Å². The van der Waals surface area contributed by atoms with Crippen molar-refractivity contribution in [1.29, 1.82) is 0 Å². The lowest BCUT2D eigenvalue weighted by Crippen LogP contribution is -2.18. The molecule has 15 heavy (non-hydrogen) atoms. The number of fused-ring (bicyclic) bond motifs is 1. The Hall–Kier alpha value is -1.42. The summed E-state index contributed by atoms with van der Waals surface area (Å²) in [6.45, 7) is 2.22. The minimum Gasteiger partial charge on any atom is -0.492 e. The van der Waals surface area contributed by atoms with E-state index in [1.165, 1.54) is 0 Å². The Morgan fingerprint density at radius 3 is 2.93 bits per heavy atom. The van der Waals surface area contributed by atoms with Gasteiger partial charge in [-0.05, 0) is 25.0 Å². The molecule has 2 rings (SSSR count). The van der Waals surface area contributed by atoms with Gasteiger partial charge in [-0.3, -0.25) is 0 Å². The fraction of sp³-hybridized carbons (Fsp3) is 0.455. The molecule has 0 spiro atoms. The quantitative estimate of drug-likeness (QED) is 0.815. The summed E-state index contributed by atoms with van der Waals surface area (Å²) >= 11 is 0. The molecule has 82 valence electrons. The second-order valence-corrected chi connectivity index (χ2v) is 3.67. The maximum absolute atomic E-state index is 5.77. The summed E-state index contributed by atoms with van der Waals surface area (Å²) < 4.78 is 16.0. The Balaban J connectivity index is 2.39. The highest BCUT2D eigenvalue weighted by molar-refractivity contribution is 5.57. The van der Waals surface area contributed by atoms with E-state index in [0.717, 1.165) is 23.5 Å². The van der Waals surface area contributed by atoms with Crippen LogP contribution in [0.15, 0.2) is 12.1 Å². The van der Waals surface area contributed by atoms with E-state index in [4.69, 9.17) is 19.9 Å². The molecule has 1 aromatic rings. The second-order valence-electron chi connectivity index (χ2n) is 3.67. The van der Waals surface area contributed by atoms with Crippen LogP contribution in [-0.2, 0) is 6.42 Å². The topological polar surface area (TPSA) is 53.7 Å². The lowest BCUT2D eigenvalue weighted by atomic mass is 10.1. The molecular formula is C11H15NO3. The predicted octanol–water partition coefficient (Wildman–Crippen LogP) is 1.31. The maximum atomic E-state index is 5.77. The second kappa shape index (κ2) is 3.98. The molecule has 4 heteroatoms. The molecule has 1 aliphatic rings. The SMILES string of the molecule is COc1c(CC(C)N)ccc2c1OCO2. The molecule has 1 aliphatic heterocycles. The average Bonchev–Trinajstić information content (AvgIpc) is 2.64. The van der Waals surface area contributed by atoms with Crippen LogP contribution in [0, 0.1) is 0 Å². The average molecular weight is 209 g/mol. The summed E-state index contributed by atoms with van der Waals surface area (Å²) in [7, 11) is 1.63. The van der Waals surface area contributed by atoms with Crippen LogP contribution < -0.4 is 19.9 Å². The van der Waals surface area contributed by atoms with Crippen LogP contribution in [0.2, 0.25) is 0 Å². The zero-order valence-corrected chi connectivity index (χ0v) is 8.95. The van der Waals surface area contributed by atoms with Gasteiger partial charge < -0.3 is 19.9 Å². The number of methoxy groups -OCH3 is 1. The first-order valence-corrected chi connectivity index (χ1v) is 4.93. The van der Waals surface area contributed by atoms with Crippen molar-refractivity contribution in [3.05, 3.63) is 17.7 Å². The van der Waals surface area contributed by atoms with Gasteiger partial charge in [0.1, 0.15) is 0 Å². The van der Waals surface area contributed by atoms with Crippen LogP contribution in [0.3, 0.4) is 0 Å². The van der Waals surface area contributed by atoms with Crippen molar-refractivity contribution in [2.75, 3.05) is 13.9 Å². The van der Waals surface area contributed by atoms with Crippen LogP contribution in [0.1, 0.15) is 12.5 Å². The number of hydrogen-bond acceptors (Lipinski definition) is 4. The van der Waals surface area contributed by atoms with Gasteiger partial charge in [0.05, 0.1) is 7.11 Å². The van der Waals surface area contributed by atoms with Crippen molar-refractivity contribution in [2.24, 2.45) is 5.73 Å². The number of rotatable bonds is 3. The highest BCUT2D eigenvalue weighted by Gasteiger charge is 2.21. The van der Waals surface area contributed by atoms with E-state index >= 15 is 0 Å². The first-order valence-electron chi connectivity index (χ1n) is 4.93. The van der Waals surface area contributed by atoms with Gasteiger partial charge in [-0.1, -0.05) is 6.07 Å². The van der Waals surface area contributed by atoms with E-state index in [9.17, 15) is 0 Å². The highest BCUT2D eigenvalue weighted by Crippen LogP contribution is 2.43. The summed E-state index contributed by atoms with van der Waals surface area (Å²) in [5, 5.41) is 0. The van der Waals surface area contributed by atoms with E-state index in [1.54, 1.807) is 7.11 Å². The van der Waals surface area contributed by atoms with Crippen molar-refractivity contribution in [1.82, 2.24) is 0 Å². The van der Waals surface area contributed by atoms with Crippen molar-refractivity contribution in [3.63, 3.8) is 0 Å². The van der Waals surface area contributed by atoms with Gasteiger partial charge in [-0.15, -0.1) is 0 Å². The minimum absolute atomic E-state index is 0.0965. The van der Waals surface area contributed by atoms with Gasteiger partial charge in [0.25, 0.3) is 0 Å². The molecule has 0 fully saturated rings. The summed E-state index contributed by atoms with van der Waals surface area (Å²) in [5.74, 6) is 2.17. The Morgan fingerprint density at radius 2 is 2.27 bits per heavy atom.